The van der Waals surface area contributed by atoms with Crippen molar-refractivity contribution in [2.45, 2.75) is 64.2 Å². The van der Waals surface area contributed by atoms with Gasteiger partial charge in [-0.3, -0.25) is 9.69 Å². The number of rotatable bonds is 5. The van der Waals surface area contributed by atoms with Crippen LogP contribution >= 0.6 is 0 Å². The minimum atomic E-state index is -0.549. The zero-order valence-electron chi connectivity index (χ0n) is 15.1. The van der Waals surface area contributed by atoms with Crippen molar-refractivity contribution in [3.05, 3.63) is 0 Å². The summed E-state index contributed by atoms with van der Waals surface area (Å²) in [5.74, 6) is 0.136. The molecule has 2 fully saturated rings. The van der Waals surface area contributed by atoms with E-state index in [4.69, 9.17) is 4.74 Å². The van der Waals surface area contributed by atoms with Crippen LogP contribution < -0.4 is 5.32 Å². The molecular weight excluding hydrogens is 310 g/mol. The summed E-state index contributed by atoms with van der Waals surface area (Å²) < 4.78 is 5.30. The number of hydrogen-bond donors (Lipinski definition) is 2. The monoisotopic (exact) mass is 341 g/mol. The van der Waals surface area contributed by atoms with Crippen molar-refractivity contribution in [3.63, 3.8) is 0 Å². The van der Waals surface area contributed by atoms with Crippen LogP contribution in [-0.2, 0) is 9.53 Å². The van der Waals surface area contributed by atoms with Crippen LogP contribution in [0.3, 0.4) is 0 Å². The van der Waals surface area contributed by atoms with Gasteiger partial charge >= 0.3 is 6.09 Å². The van der Waals surface area contributed by atoms with Crippen LogP contribution in [0.15, 0.2) is 0 Å². The van der Waals surface area contributed by atoms with Gasteiger partial charge in [0.15, 0.2) is 0 Å². The molecule has 0 aliphatic carbocycles. The average molecular weight is 341 g/mol. The van der Waals surface area contributed by atoms with Gasteiger partial charge in [0.05, 0.1) is 6.10 Å². The molecule has 1 unspecified atom stereocenters. The summed E-state index contributed by atoms with van der Waals surface area (Å²) >= 11 is 0. The van der Waals surface area contributed by atoms with Crippen molar-refractivity contribution in [2.24, 2.45) is 0 Å². The highest BCUT2D eigenvalue weighted by molar-refractivity contribution is 5.78. The zero-order valence-corrected chi connectivity index (χ0v) is 15.1. The Morgan fingerprint density at radius 2 is 2.08 bits per heavy atom. The van der Waals surface area contributed by atoms with E-state index in [-0.39, 0.29) is 11.9 Å². The number of nitrogens with zero attached hydrogens (tertiary/aromatic N) is 2. The van der Waals surface area contributed by atoms with E-state index in [1.165, 1.54) is 0 Å². The lowest BCUT2D eigenvalue weighted by Crippen LogP contribution is -2.51. The second-order valence-corrected chi connectivity index (χ2v) is 7.84. The topological polar surface area (TPSA) is 82.1 Å². The van der Waals surface area contributed by atoms with Crippen LogP contribution in [0, 0.1) is 0 Å². The number of ether oxygens (including phenoxy) is 1. The van der Waals surface area contributed by atoms with Crippen LogP contribution in [0.2, 0.25) is 0 Å². The lowest BCUT2D eigenvalue weighted by Gasteiger charge is -2.35. The maximum absolute atomic E-state index is 11.9. The predicted octanol–water partition coefficient (Wildman–Crippen LogP) is 0.959. The molecule has 24 heavy (non-hydrogen) atoms. The number of carbonyl (C=O) groups is 2. The van der Waals surface area contributed by atoms with E-state index in [9.17, 15) is 14.7 Å². The fraction of sp³-hybridized carbons (Fsp3) is 0.882. The number of alkyl carbamates (subject to hydrolysis) is 1. The Morgan fingerprint density at radius 1 is 1.33 bits per heavy atom. The van der Waals surface area contributed by atoms with Gasteiger partial charge in [0, 0.05) is 38.6 Å². The van der Waals surface area contributed by atoms with Gasteiger partial charge in [-0.2, -0.15) is 0 Å². The van der Waals surface area contributed by atoms with Crippen LogP contribution in [-0.4, -0.2) is 77.4 Å². The minimum absolute atomic E-state index is 0.0363. The van der Waals surface area contributed by atoms with E-state index in [2.05, 4.69) is 10.2 Å². The van der Waals surface area contributed by atoms with Gasteiger partial charge in [-0.25, -0.2) is 4.79 Å². The number of β-amino-alcohol motifs (C(OH)–C–C–N with tert-alkyl or cyclic N) is 1. The van der Waals surface area contributed by atoms with Crippen molar-refractivity contribution in [3.8, 4) is 0 Å². The Bertz CT molecular complexity index is 450. The Morgan fingerprint density at radius 3 is 2.71 bits per heavy atom. The third-order valence-electron chi connectivity index (χ3n) is 4.30. The first kappa shape index (κ1) is 19.0. The number of piperidine rings is 1. The van der Waals surface area contributed by atoms with Crippen molar-refractivity contribution < 1.29 is 19.4 Å². The Balaban J connectivity index is 1.74. The van der Waals surface area contributed by atoms with Crippen LogP contribution in [0.25, 0.3) is 0 Å². The minimum Gasteiger partial charge on any atom is -0.444 e. The highest BCUT2D eigenvalue weighted by atomic mass is 16.6. The molecule has 0 spiro atoms. The molecule has 0 bridgehead atoms. The van der Waals surface area contributed by atoms with E-state index in [1.807, 2.05) is 20.8 Å². The maximum atomic E-state index is 11.9. The van der Waals surface area contributed by atoms with Gasteiger partial charge in [-0.05, 0) is 46.6 Å². The van der Waals surface area contributed by atoms with Crippen molar-refractivity contribution >= 4 is 12.0 Å². The molecule has 0 aromatic heterocycles. The van der Waals surface area contributed by atoms with Crippen LogP contribution in [0.5, 0.6) is 0 Å². The molecule has 0 aromatic rings. The summed E-state index contributed by atoms with van der Waals surface area (Å²) in [6.07, 6.45) is 2.42. The molecule has 7 nitrogen and oxygen atoms in total. The average Bonchev–Trinajstić information content (AvgIpc) is 2.82. The summed E-state index contributed by atoms with van der Waals surface area (Å²) in [6.45, 7) is 8.80. The fourth-order valence-electron chi connectivity index (χ4n) is 3.32. The second kappa shape index (κ2) is 8.16. The Kier molecular flexibility index (Phi) is 6.46. The van der Waals surface area contributed by atoms with Crippen molar-refractivity contribution in [1.29, 1.82) is 0 Å². The highest BCUT2D eigenvalue weighted by Crippen LogP contribution is 2.14. The van der Waals surface area contributed by atoms with Crippen LogP contribution in [0.1, 0.15) is 46.5 Å². The first-order valence-corrected chi connectivity index (χ1v) is 8.90. The van der Waals surface area contributed by atoms with Gasteiger partial charge in [-0.1, -0.05) is 0 Å². The summed E-state index contributed by atoms with van der Waals surface area (Å²) in [4.78, 5) is 27.4. The number of amides is 2. The number of carbonyl (C=O) groups excluding carboxylic acids is 2. The Hall–Kier alpha value is -1.34. The van der Waals surface area contributed by atoms with E-state index < -0.39 is 17.8 Å². The lowest BCUT2D eigenvalue weighted by molar-refractivity contribution is -0.129. The number of aliphatic hydroxyl groups is 1. The smallest absolute Gasteiger partial charge is 0.407 e. The summed E-state index contributed by atoms with van der Waals surface area (Å²) in [5, 5.41) is 13.2. The Labute approximate surface area is 144 Å². The molecule has 138 valence electrons. The van der Waals surface area contributed by atoms with Gasteiger partial charge < -0.3 is 20.1 Å². The fourth-order valence-corrected chi connectivity index (χ4v) is 3.32. The molecule has 2 heterocycles. The van der Waals surface area contributed by atoms with Gasteiger partial charge in [-0.15, -0.1) is 0 Å². The maximum Gasteiger partial charge on any atom is 0.407 e. The van der Waals surface area contributed by atoms with Crippen molar-refractivity contribution in [1.82, 2.24) is 15.1 Å². The zero-order chi connectivity index (χ0) is 17.7. The first-order valence-electron chi connectivity index (χ1n) is 8.90. The molecular formula is C17H31N3O4. The molecule has 0 aromatic carbocycles. The molecule has 2 rings (SSSR count). The largest absolute Gasteiger partial charge is 0.444 e. The predicted molar refractivity (Wildman–Crippen MR) is 90.7 cm³/mol. The third-order valence-corrected chi connectivity index (χ3v) is 4.30. The number of aliphatic hydroxyl groups excluding tert-OH is 1. The highest BCUT2D eigenvalue weighted by Gasteiger charge is 2.27. The SMILES string of the molecule is CC(C)(C)OC(=O)NC1CCCN(C[C@H](O)CN2CCCC2=O)C1. The molecule has 0 radical (unpaired) electrons. The molecule has 2 aliphatic rings. The number of hydrogen-bond acceptors (Lipinski definition) is 5. The molecule has 2 aliphatic heterocycles. The van der Waals surface area contributed by atoms with E-state index in [1.54, 1.807) is 4.90 Å². The van der Waals surface area contributed by atoms with Crippen LogP contribution in [0.4, 0.5) is 4.79 Å². The third kappa shape index (κ3) is 6.28. The first-order chi connectivity index (χ1) is 11.2. The quantitative estimate of drug-likeness (QED) is 0.778. The molecule has 7 heteroatoms. The normalized spacial score (nSPS) is 24.1. The lowest BCUT2D eigenvalue weighted by atomic mass is 10.1. The van der Waals surface area contributed by atoms with E-state index in [0.29, 0.717) is 26.1 Å². The molecule has 2 amide bonds. The standard InChI is InChI=1S/C17H31N3O4/c1-17(2,3)24-16(23)18-13-6-4-8-19(10-13)11-14(21)12-20-9-5-7-15(20)22/h13-14,21H,4-12H2,1-3H3,(H,18,23)/t13?,14-/m0/s1. The summed E-state index contributed by atoms with van der Waals surface area (Å²) in [7, 11) is 0. The van der Waals surface area contributed by atoms with Gasteiger partial charge in [0.1, 0.15) is 5.60 Å². The van der Waals surface area contributed by atoms with E-state index in [0.717, 1.165) is 32.4 Å². The molecule has 2 N–H and O–H groups in total. The van der Waals surface area contributed by atoms with Crippen molar-refractivity contribution in [2.75, 3.05) is 32.7 Å². The molecule has 2 atom stereocenters. The summed E-state index contributed by atoms with van der Waals surface area (Å²) in [5.41, 5.74) is -0.503. The number of likely N-dealkylation sites (tertiary alicyclic amines) is 2. The van der Waals surface area contributed by atoms with Gasteiger partial charge in [0.25, 0.3) is 0 Å². The van der Waals surface area contributed by atoms with E-state index >= 15 is 0 Å². The van der Waals surface area contributed by atoms with Gasteiger partial charge in [0.2, 0.25) is 5.91 Å². The summed E-state index contributed by atoms with van der Waals surface area (Å²) in [6, 6.07) is 0.0363. The number of nitrogens with one attached hydrogen (secondary N) is 1. The molecule has 2 saturated heterocycles. The molecule has 0 saturated carbocycles. The second-order valence-electron chi connectivity index (χ2n) is 7.84.